The van der Waals surface area contributed by atoms with E-state index in [0.29, 0.717) is 11.0 Å². The highest BCUT2D eigenvalue weighted by Crippen LogP contribution is 2.37. The van der Waals surface area contributed by atoms with E-state index in [4.69, 9.17) is 9.31 Å². The van der Waals surface area contributed by atoms with Crippen LogP contribution < -0.4 is 5.46 Å². The zero-order chi connectivity index (χ0) is 18.5. The first kappa shape index (κ1) is 17.2. The van der Waals surface area contributed by atoms with Crippen LogP contribution in [0.2, 0.25) is 0 Å². The van der Waals surface area contributed by atoms with Gasteiger partial charge < -0.3 is 9.31 Å². The quantitative estimate of drug-likeness (QED) is 0.645. The van der Waals surface area contributed by atoms with Gasteiger partial charge in [0.2, 0.25) is 0 Å². The average molecular weight is 349 g/mol. The lowest BCUT2D eigenvalue weighted by Crippen LogP contribution is -2.41. The summed E-state index contributed by atoms with van der Waals surface area (Å²) in [6, 6.07) is 17.1. The third-order valence-electron chi connectivity index (χ3n) is 5.41. The Labute approximate surface area is 153 Å². The Morgan fingerprint density at radius 3 is 2.12 bits per heavy atom. The van der Waals surface area contributed by atoms with E-state index in [9.17, 15) is 0 Å². The monoisotopic (exact) mass is 349 g/mol. The normalized spacial score (nSPS) is 18.4. The van der Waals surface area contributed by atoms with Gasteiger partial charge >= 0.3 is 7.12 Å². The van der Waals surface area contributed by atoms with E-state index >= 15 is 4.39 Å². The SMILES string of the molecule is CC1(C)OB(c2ccc3ccc(-c4ccccc4)nc3c2F)OC1(C)C. The Morgan fingerprint density at radius 1 is 0.846 bits per heavy atom. The summed E-state index contributed by atoms with van der Waals surface area (Å²) in [6.45, 7) is 7.82. The molecule has 0 aliphatic carbocycles. The number of aromatic nitrogens is 1. The van der Waals surface area contributed by atoms with Gasteiger partial charge in [-0.2, -0.15) is 0 Å². The van der Waals surface area contributed by atoms with Crippen molar-refractivity contribution >= 4 is 23.5 Å². The van der Waals surface area contributed by atoms with Crippen LogP contribution in [0, 0.1) is 5.82 Å². The van der Waals surface area contributed by atoms with Crippen molar-refractivity contribution in [3.8, 4) is 11.3 Å². The fourth-order valence-corrected chi connectivity index (χ4v) is 3.09. The lowest BCUT2D eigenvalue weighted by Gasteiger charge is -2.32. The molecule has 2 aromatic carbocycles. The molecule has 26 heavy (non-hydrogen) atoms. The van der Waals surface area contributed by atoms with E-state index in [-0.39, 0.29) is 0 Å². The van der Waals surface area contributed by atoms with Gasteiger partial charge in [-0.05, 0) is 33.8 Å². The molecule has 3 aromatic rings. The molecule has 0 radical (unpaired) electrons. The van der Waals surface area contributed by atoms with Crippen molar-refractivity contribution in [2.75, 3.05) is 0 Å². The predicted molar refractivity (Wildman–Crippen MR) is 103 cm³/mol. The first-order chi connectivity index (χ1) is 12.3. The summed E-state index contributed by atoms with van der Waals surface area (Å²) >= 11 is 0. The number of nitrogens with zero attached hydrogens (tertiary/aromatic N) is 1. The topological polar surface area (TPSA) is 31.4 Å². The maximum atomic E-state index is 15.3. The molecule has 1 aromatic heterocycles. The summed E-state index contributed by atoms with van der Waals surface area (Å²) in [4.78, 5) is 4.56. The summed E-state index contributed by atoms with van der Waals surface area (Å²) in [5.74, 6) is -0.390. The molecule has 0 bridgehead atoms. The smallest absolute Gasteiger partial charge is 0.399 e. The van der Waals surface area contributed by atoms with E-state index in [1.807, 2.05) is 76.2 Å². The second-order valence-electron chi connectivity index (χ2n) is 7.69. The zero-order valence-electron chi connectivity index (χ0n) is 15.4. The van der Waals surface area contributed by atoms with Gasteiger partial charge in [0.15, 0.2) is 0 Å². The fraction of sp³-hybridized carbons (Fsp3) is 0.286. The number of hydrogen-bond acceptors (Lipinski definition) is 3. The van der Waals surface area contributed by atoms with Gasteiger partial charge in [0.25, 0.3) is 0 Å². The first-order valence-corrected chi connectivity index (χ1v) is 8.79. The van der Waals surface area contributed by atoms with Crippen molar-refractivity contribution in [2.45, 2.75) is 38.9 Å². The molecular weight excluding hydrogens is 328 g/mol. The predicted octanol–water partition coefficient (Wildman–Crippen LogP) is 4.34. The minimum absolute atomic E-state index is 0.332. The van der Waals surface area contributed by atoms with Gasteiger partial charge in [-0.3, -0.25) is 0 Å². The molecule has 1 saturated heterocycles. The van der Waals surface area contributed by atoms with Gasteiger partial charge in [0.1, 0.15) is 11.3 Å². The maximum absolute atomic E-state index is 15.3. The van der Waals surface area contributed by atoms with Crippen molar-refractivity contribution < 1.29 is 13.7 Å². The molecule has 1 aliphatic heterocycles. The summed E-state index contributed by atoms with van der Waals surface area (Å²) in [7, 11) is -0.744. The van der Waals surface area contributed by atoms with Crippen LogP contribution in [-0.4, -0.2) is 23.3 Å². The summed E-state index contributed by atoms with van der Waals surface area (Å²) in [6.07, 6.45) is 0. The van der Waals surface area contributed by atoms with Crippen molar-refractivity contribution in [3.63, 3.8) is 0 Å². The molecule has 0 amide bonds. The molecule has 0 saturated carbocycles. The third-order valence-corrected chi connectivity index (χ3v) is 5.41. The number of rotatable bonds is 2. The highest BCUT2D eigenvalue weighted by Gasteiger charge is 2.52. The lowest BCUT2D eigenvalue weighted by atomic mass is 9.78. The van der Waals surface area contributed by atoms with E-state index in [0.717, 1.165) is 16.6 Å². The molecule has 0 spiro atoms. The van der Waals surface area contributed by atoms with Gasteiger partial charge in [-0.25, -0.2) is 9.37 Å². The summed E-state index contributed by atoms with van der Waals surface area (Å²) in [5.41, 5.74) is 1.38. The summed E-state index contributed by atoms with van der Waals surface area (Å²) in [5, 5.41) is 0.752. The first-order valence-electron chi connectivity index (χ1n) is 8.79. The highest BCUT2D eigenvalue weighted by atomic mass is 19.1. The summed E-state index contributed by atoms with van der Waals surface area (Å²) < 4.78 is 27.3. The highest BCUT2D eigenvalue weighted by molar-refractivity contribution is 6.62. The van der Waals surface area contributed by atoms with E-state index in [1.165, 1.54) is 0 Å². The van der Waals surface area contributed by atoms with Crippen LogP contribution >= 0.6 is 0 Å². The number of pyridine rings is 1. The standard InChI is InChI=1S/C21H21BFNO2/c1-20(2)21(3,4)26-22(25-20)16-12-10-15-11-13-17(24-19(15)18(16)23)14-8-6-5-7-9-14/h5-13H,1-4H3. The number of hydrogen-bond donors (Lipinski definition) is 0. The molecule has 132 valence electrons. The number of halogens is 1. The second-order valence-corrected chi connectivity index (χ2v) is 7.69. The Balaban J connectivity index is 1.80. The molecule has 0 atom stereocenters. The molecule has 0 unspecified atom stereocenters. The van der Waals surface area contributed by atoms with Crippen LogP contribution in [0.25, 0.3) is 22.2 Å². The molecule has 1 fully saturated rings. The van der Waals surface area contributed by atoms with Crippen molar-refractivity contribution in [3.05, 3.63) is 60.4 Å². The number of fused-ring (bicyclic) bond motifs is 1. The second kappa shape index (κ2) is 5.90. The fourth-order valence-electron chi connectivity index (χ4n) is 3.09. The molecule has 5 heteroatoms. The Hall–Kier alpha value is -2.24. The van der Waals surface area contributed by atoms with Crippen LogP contribution in [0.4, 0.5) is 4.39 Å². The molecular formula is C21H21BFNO2. The number of benzene rings is 2. The van der Waals surface area contributed by atoms with Gasteiger partial charge in [0.05, 0.1) is 16.9 Å². The Bertz CT molecular complexity index is 956. The third kappa shape index (κ3) is 2.72. The average Bonchev–Trinajstić information content (AvgIpc) is 2.83. The minimum Gasteiger partial charge on any atom is -0.399 e. The molecule has 3 nitrogen and oxygen atoms in total. The largest absolute Gasteiger partial charge is 0.497 e. The van der Waals surface area contributed by atoms with Crippen LogP contribution in [0.1, 0.15) is 27.7 Å². The van der Waals surface area contributed by atoms with Crippen LogP contribution in [-0.2, 0) is 9.31 Å². The molecule has 1 aliphatic rings. The van der Waals surface area contributed by atoms with E-state index in [1.54, 1.807) is 6.07 Å². The van der Waals surface area contributed by atoms with Gasteiger partial charge in [0, 0.05) is 16.4 Å². The zero-order valence-corrected chi connectivity index (χ0v) is 15.4. The van der Waals surface area contributed by atoms with E-state index in [2.05, 4.69) is 4.98 Å². The van der Waals surface area contributed by atoms with Crippen molar-refractivity contribution in [1.82, 2.24) is 4.98 Å². The lowest BCUT2D eigenvalue weighted by molar-refractivity contribution is 0.00578. The van der Waals surface area contributed by atoms with Crippen LogP contribution in [0.5, 0.6) is 0 Å². The van der Waals surface area contributed by atoms with E-state index < -0.39 is 24.1 Å². The van der Waals surface area contributed by atoms with Crippen LogP contribution in [0.3, 0.4) is 0 Å². The van der Waals surface area contributed by atoms with Crippen molar-refractivity contribution in [1.29, 1.82) is 0 Å². The molecule has 0 N–H and O–H groups in total. The minimum atomic E-state index is -0.744. The van der Waals surface area contributed by atoms with Crippen LogP contribution in [0.15, 0.2) is 54.6 Å². The van der Waals surface area contributed by atoms with Crippen molar-refractivity contribution in [2.24, 2.45) is 0 Å². The molecule has 2 heterocycles. The van der Waals surface area contributed by atoms with Gasteiger partial charge in [-0.1, -0.05) is 48.5 Å². The van der Waals surface area contributed by atoms with Gasteiger partial charge in [-0.15, -0.1) is 0 Å². The molecule has 4 rings (SSSR count). The Kier molecular flexibility index (Phi) is 3.90. The Morgan fingerprint density at radius 2 is 1.46 bits per heavy atom. The maximum Gasteiger partial charge on any atom is 0.497 e.